The number of amides is 1. The molecule has 100 valence electrons. The van der Waals surface area contributed by atoms with Crippen molar-refractivity contribution in [2.45, 2.75) is 26.3 Å². The molecule has 2 nitrogen and oxygen atoms in total. The summed E-state index contributed by atoms with van der Waals surface area (Å²) in [4.78, 5) is 11.4. The first kappa shape index (κ1) is 14.4. The van der Waals surface area contributed by atoms with Crippen molar-refractivity contribution in [2.75, 3.05) is 0 Å². The summed E-state index contributed by atoms with van der Waals surface area (Å²) >= 11 is 0. The molecule has 0 heterocycles. The average Bonchev–Trinajstić information content (AvgIpc) is 2.34. The van der Waals surface area contributed by atoms with Gasteiger partial charge in [0, 0.05) is 6.04 Å². The largest absolute Gasteiger partial charge is 0.349 e. The van der Waals surface area contributed by atoms with Gasteiger partial charge in [-0.25, -0.2) is 22.0 Å². The molecule has 1 rings (SSSR count). The van der Waals surface area contributed by atoms with E-state index in [4.69, 9.17) is 0 Å². The second kappa shape index (κ2) is 5.32. The van der Waals surface area contributed by atoms with E-state index >= 15 is 0 Å². The monoisotopic (exact) mass is 267 g/mol. The van der Waals surface area contributed by atoms with E-state index in [0.717, 1.165) is 0 Å². The Hall–Kier alpha value is -1.66. The van der Waals surface area contributed by atoms with Gasteiger partial charge in [-0.3, -0.25) is 4.79 Å². The van der Waals surface area contributed by atoms with Gasteiger partial charge in [0.15, 0.2) is 23.3 Å². The Morgan fingerprint density at radius 2 is 1.39 bits per heavy atom. The fourth-order valence-electron chi connectivity index (χ4n) is 1.20. The number of halogens is 5. The molecule has 0 fully saturated rings. The number of benzene rings is 1. The lowest BCUT2D eigenvalue weighted by Gasteiger charge is -2.13. The zero-order chi connectivity index (χ0) is 14.0. The van der Waals surface area contributed by atoms with Crippen LogP contribution >= 0.6 is 0 Å². The molecule has 1 aromatic carbocycles. The molecule has 0 aliphatic heterocycles. The summed E-state index contributed by atoms with van der Waals surface area (Å²) in [6.45, 7) is 3.22. The molecule has 0 bridgehead atoms. The van der Waals surface area contributed by atoms with Crippen LogP contribution in [0.1, 0.15) is 30.6 Å². The Bertz CT molecular complexity index is 460. The summed E-state index contributed by atoms with van der Waals surface area (Å²) in [6, 6.07) is -0.451. The minimum absolute atomic E-state index is 0.446. The van der Waals surface area contributed by atoms with E-state index in [1.54, 1.807) is 6.92 Å². The molecule has 0 spiro atoms. The van der Waals surface area contributed by atoms with Crippen molar-refractivity contribution in [3.63, 3.8) is 0 Å². The Balaban J connectivity index is 3.29. The molecule has 0 saturated carbocycles. The van der Waals surface area contributed by atoms with Crippen LogP contribution in [-0.2, 0) is 0 Å². The Morgan fingerprint density at radius 3 is 1.78 bits per heavy atom. The minimum Gasteiger partial charge on any atom is -0.349 e. The number of nitrogens with one attached hydrogen (secondary N) is 1. The first-order chi connectivity index (χ1) is 8.31. The van der Waals surface area contributed by atoms with Crippen molar-refractivity contribution in [3.05, 3.63) is 34.6 Å². The molecular formula is C11H10F5NO. The number of carbonyl (C=O) groups is 1. The SMILES string of the molecule is CC[C@@H](C)NC(=O)c1c(F)c(F)c(F)c(F)c1F. The molecule has 0 aliphatic rings. The van der Waals surface area contributed by atoms with Crippen molar-refractivity contribution < 1.29 is 26.7 Å². The lowest BCUT2D eigenvalue weighted by molar-refractivity contribution is 0.0927. The molecule has 0 radical (unpaired) electrons. The fourth-order valence-corrected chi connectivity index (χ4v) is 1.20. The third-order valence-corrected chi connectivity index (χ3v) is 2.43. The van der Waals surface area contributed by atoms with Crippen LogP contribution in [0.3, 0.4) is 0 Å². The summed E-state index contributed by atoms with van der Waals surface area (Å²) in [5, 5.41) is 2.13. The van der Waals surface area contributed by atoms with Gasteiger partial charge in [-0.15, -0.1) is 0 Å². The highest BCUT2D eigenvalue weighted by Crippen LogP contribution is 2.22. The highest BCUT2D eigenvalue weighted by Gasteiger charge is 2.29. The van der Waals surface area contributed by atoms with Gasteiger partial charge < -0.3 is 5.32 Å². The van der Waals surface area contributed by atoms with Gasteiger partial charge in [0.05, 0.1) is 0 Å². The maximum atomic E-state index is 13.2. The molecule has 1 N–H and O–H groups in total. The molecule has 1 amide bonds. The normalized spacial score (nSPS) is 12.4. The second-order valence-electron chi connectivity index (χ2n) is 3.73. The smallest absolute Gasteiger partial charge is 0.257 e. The first-order valence-corrected chi connectivity index (χ1v) is 5.13. The number of hydrogen-bond acceptors (Lipinski definition) is 1. The van der Waals surface area contributed by atoms with Crippen molar-refractivity contribution in [2.24, 2.45) is 0 Å². The molecule has 0 aliphatic carbocycles. The molecule has 0 saturated heterocycles. The summed E-state index contributed by atoms with van der Waals surface area (Å²) in [6.07, 6.45) is 0.446. The topological polar surface area (TPSA) is 29.1 Å². The molecular weight excluding hydrogens is 257 g/mol. The number of carbonyl (C=O) groups excluding carboxylic acids is 1. The van der Waals surface area contributed by atoms with E-state index in [1.807, 2.05) is 0 Å². The third-order valence-electron chi connectivity index (χ3n) is 2.43. The van der Waals surface area contributed by atoms with Crippen LogP contribution < -0.4 is 5.32 Å². The standard InChI is InChI=1S/C11H10F5NO/c1-3-4(2)17-11(18)5-6(12)8(14)10(16)9(15)7(5)13/h4H,3H2,1-2H3,(H,17,18)/t4-/m1/s1. The summed E-state index contributed by atoms with van der Waals surface area (Å²) in [5.41, 5.74) is -1.47. The van der Waals surface area contributed by atoms with Gasteiger partial charge in [0.1, 0.15) is 5.56 Å². The van der Waals surface area contributed by atoms with E-state index in [0.29, 0.717) is 6.42 Å². The number of rotatable bonds is 3. The summed E-state index contributed by atoms with van der Waals surface area (Å²) < 4.78 is 64.9. The van der Waals surface area contributed by atoms with Gasteiger partial charge in [0.25, 0.3) is 5.91 Å². The van der Waals surface area contributed by atoms with Crippen LogP contribution in [0.4, 0.5) is 22.0 Å². The lowest BCUT2D eigenvalue weighted by Crippen LogP contribution is -2.34. The van der Waals surface area contributed by atoms with E-state index in [1.165, 1.54) is 6.92 Å². The van der Waals surface area contributed by atoms with Crippen molar-refractivity contribution in [1.82, 2.24) is 5.32 Å². The maximum absolute atomic E-state index is 13.2. The van der Waals surface area contributed by atoms with Crippen molar-refractivity contribution in [3.8, 4) is 0 Å². The van der Waals surface area contributed by atoms with E-state index in [9.17, 15) is 26.7 Å². The van der Waals surface area contributed by atoms with Gasteiger partial charge in [-0.05, 0) is 13.3 Å². The van der Waals surface area contributed by atoms with Crippen LogP contribution in [0, 0.1) is 29.1 Å². The summed E-state index contributed by atoms with van der Waals surface area (Å²) in [7, 11) is 0. The highest BCUT2D eigenvalue weighted by molar-refractivity contribution is 5.95. The molecule has 7 heteroatoms. The highest BCUT2D eigenvalue weighted by atomic mass is 19.2. The van der Waals surface area contributed by atoms with Gasteiger partial charge in [-0.1, -0.05) is 6.92 Å². The van der Waals surface area contributed by atoms with E-state index in [2.05, 4.69) is 5.32 Å². The molecule has 0 aromatic heterocycles. The van der Waals surface area contributed by atoms with Crippen LogP contribution in [-0.4, -0.2) is 11.9 Å². The van der Waals surface area contributed by atoms with Gasteiger partial charge >= 0.3 is 0 Å². The van der Waals surface area contributed by atoms with Crippen molar-refractivity contribution in [1.29, 1.82) is 0 Å². The third kappa shape index (κ3) is 2.44. The molecule has 1 atom stereocenters. The molecule has 1 aromatic rings. The quantitative estimate of drug-likeness (QED) is 0.509. The van der Waals surface area contributed by atoms with Crippen molar-refractivity contribution >= 4 is 5.91 Å². The second-order valence-corrected chi connectivity index (χ2v) is 3.73. The van der Waals surface area contributed by atoms with Crippen LogP contribution in [0.5, 0.6) is 0 Å². The van der Waals surface area contributed by atoms with E-state index < -0.39 is 46.6 Å². The average molecular weight is 267 g/mol. The van der Waals surface area contributed by atoms with E-state index in [-0.39, 0.29) is 0 Å². The van der Waals surface area contributed by atoms with Crippen LogP contribution in [0.15, 0.2) is 0 Å². The van der Waals surface area contributed by atoms with Gasteiger partial charge in [0.2, 0.25) is 5.82 Å². The Morgan fingerprint density at radius 1 is 1.00 bits per heavy atom. The van der Waals surface area contributed by atoms with Gasteiger partial charge in [-0.2, -0.15) is 0 Å². The maximum Gasteiger partial charge on any atom is 0.257 e. The fraction of sp³-hybridized carbons (Fsp3) is 0.364. The van der Waals surface area contributed by atoms with Crippen LogP contribution in [0.25, 0.3) is 0 Å². The predicted molar refractivity (Wildman–Crippen MR) is 53.5 cm³/mol. The molecule has 18 heavy (non-hydrogen) atoms. The Labute approximate surface area is 99.8 Å². The predicted octanol–water partition coefficient (Wildman–Crippen LogP) is 2.91. The summed E-state index contributed by atoms with van der Waals surface area (Å²) in [5.74, 6) is -12.2. The first-order valence-electron chi connectivity index (χ1n) is 5.13. The number of hydrogen-bond donors (Lipinski definition) is 1. The van der Waals surface area contributed by atoms with Crippen LogP contribution in [0.2, 0.25) is 0 Å². The zero-order valence-corrected chi connectivity index (χ0v) is 9.58. The zero-order valence-electron chi connectivity index (χ0n) is 9.58. The Kier molecular flexibility index (Phi) is 4.26. The molecule has 0 unspecified atom stereocenters. The lowest BCUT2D eigenvalue weighted by atomic mass is 10.1. The minimum atomic E-state index is -2.29.